The third kappa shape index (κ3) is 6.63. The highest BCUT2D eigenvalue weighted by Crippen LogP contribution is 2.22. The molecule has 0 saturated heterocycles. The van der Waals surface area contributed by atoms with Crippen molar-refractivity contribution < 1.29 is 14.7 Å². The van der Waals surface area contributed by atoms with Crippen LogP contribution in [0.4, 0.5) is 0 Å². The molecule has 0 fully saturated rings. The van der Waals surface area contributed by atoms with Crippen molar-refractivity contribution in [3.8, 4) is 0 Å². The van der Waals surface area contributed by atoms with Gasteiger partial charge in [0.2, 0.25) is 0 Å². The van der Waals surface area contributed by atoms with Crippen LogP contribution in [-0.2, 0) is 9.47 Å². The topological polar surface area (TPSA) is 77.1 Å². The van der Waals surface area contributed by atoms with Gasteiger partial charge in [0.05, 0.1) is 0 Å². The van der Waals surface area contributed by atoms with Crippen molar-refractivity contribution >= 4 is 5.84 Å². The first-order valence-corrected chi connectivity index (χ1v) is 5.59. The molecule has 0 atom stereocenters. The van der Waals surface area contributed by atoms with Crippen molar-refractivity contribution in [3.63, 3.8) is 0 Å². The molecular formula is C11H24N2O3. The molecule has 0 rings (SSSR count). The minimum Gasteiger partial charge on any atom is -0.409 e. The fourth-order valence-electron chi connectivity index (χ4n) is 1.29. The summed E-state index contributed by atoms with van der Waals surface area (Å²) in [7, 11) is 1.68. The molecule has 0 aliphatic rings. The van der Waals surface area contributed by atoms with E-state index in [9.17, 15) is 0 Å². The summed E-state index contributed by atoms with van der Waals surface area (Å²) in [6.45, 7) is 6.05. The molecule has 16 heavy (non-hydrogen) atoms. The molecule has 0 heterocycles. The zero-order valence-corrected chi connectivity index (χ0v) is 10.5. The molecule has 96 valence electrons. The number of nitrogens with zero attached hydrogens (tertiary/aromatic N) is 1. The van der Waals surface area contributed by atoms with E-state index in [2.05, 4.69) is 5.16 Å². The zero-order chi connectivity index (χ0) is 12.4. The van der Waals surface area contributed by atoms with E-state index in [0.29, 0.717) is 6.61 Å². The third-order valence-electron chi connectivity index (χ3n) is 2.53. The van der Waals surface area contributed by atoms with Gasteiger partial charge in [0, 0.05) is 32.3 Å². The maximum absolute atomic E-state index is 8.59. The van der Waals surface area contributed by atoms with Gasteiger partial charge in [-0.05, 0) is 19.3 Å². The Morgan fingerprint density at radius 2 is 1.88 bits per heavy atom. The van der Waals surface area contributed by atoms with Crippen molar-refractivity contribution in [2.45, 2.75) is 33.1 Å². The molecule has 0 aromatic heterocycles. The van der Waals surface area contributed by atoms with Gasteiger partial charge in [-0.15, -0.1) is 0 Å². The maximum atomic E-state index is 8.59. The van der Waals surface area contributed by atoms with Crippen LogP contribution < -0.4 is 5.73 Å². The zero-order valence-electron chi connectivity index (χ0n) is 10.5. The lowest BCUT2D eigenvalue weighted by Crippen LogP contribution is -2.32. The average molecular weight is 232 g/mol. The van der Waals surface area contributed by atoms with E-state index in [0.717, 1.165) is 32.5 Å². The smallest absolute Gasteiger partial charge is 0.144 e. The first kappa shape index (κ1) is 15.2. The van der Waals surface area contributed by atoms with Gasteiger partial charge in [-0.25, -0.2) is 0 Å². The fourth-order valence-corrected chi connectivity index (χ4v) is 1.29. The quantitative estimate of drug-likeness (QED) is 0.208. The first-order valence-electron chi connectivity index (χ1n) is 5.59. The summed E-state index contributed by atoms with van der Waals surface area (Å²) in [5, 5.41) is 11.6. The second-order valence-corrected chi connectivity index (χ2v) is 4.43. The minimum atomic E-state index is -0.273. The van der Waals surface area contributed by atoms with Gasteiger partial charge in [-0.1, -0.05) is 19.0 Å². The fraction of sp³-hybridized carbons (Fsp3) is 0.909. The Labute approximate surface area is 97.6 Å². The summed E-state index contributed by atoms with van der Waals surface area (Å²) >= 11 is 0. The van der Waals surface area contributed by atoms with E-state index in [1.165, 1.54) is 0 Å². The van der Waals surface area contributed by atoms with E-state index >= 15 is 0 Å². The lowest BCUT2D eigenvalue weighted by Gasteiger charge is -2.22. The van der Waals surface area contributed by atoms with E-state index in [4.69, 9.17) is 20.4 Å². The molecule has 5 heteroatoms. The summed E-state index contributed by atoms with van der Waals surface area (Å²) in [5.74, 6) is 0.270. The Kier molecular flexibility index (Phi) is 7.93. The number of ether oxygens (including phenoxy) is 2. The molecule has 0 unspecified atom stereocenters. The highest BCUT2D eigenvalue weighted by molar-refractivity contribution is 5.85. The lowest BCUT2D eigenvalue weighted by molar-refractivity contribution is 0.0974. The standard InChI is InChI=1S/C11H24N2O3/c1-11(2,10(12)13-14)6-4-8-16-9-5-7-15-3/h14H,4-9H2,1-3H3,(H2,12,13). The molecule has 3 N–H and O–H groups in total. The van der Waals surface area contributed by atoms with Crippen LogP contribution in [0.3, 0.4) is 0 Å². The van der Waals surface area contributed by atoms with Gasteiger partial charge in [0.1, 0.15) is 5.84 Å². The van der Waals surface area contributed by atoms with Crippen LogP contribution in [0.15, 0.2) is 5.16 Å². The van der Waals surface area contributed by atoms with E-state index in [-0.39, 0.29) is 11.3 Å². The highest BCUT2D eigenvalue weighted by atomic mass is 16.5. The number of amidine groups is 1. The van der Waals surface area contributed by atoms with Crippen LogP contribution in [0.1, 0.15) is 33.1 Å². The Hall–Kier alpha value is -0.810. The van der Waals surface area contributed by atoms with Crippen molar-refractivity contribution in [2.24, 2.45) is 16.3 Å². The van der Waals surface area contributed by atoms with Gasteiger partial charge >= 0.3 is 0 Å². The molecule has 0 aromatic carbocycles. The normalized spacial score (nSPS) is 13.1. The molecule has 0 saturated carbocycles. The molecule has 5 nitrogen and oxygen atoms in total. The number of hydrogen-bond donors (Lipinski definition) is 2. The summed E-state index contributed by atoms with van der Waals surface area (Å²) in [6.07, 6.45) is 2.66. The SMILES string of the molecule is COCCCOCCCC(C)(C)C(N)=NO. The van der Waals surface area contributed by atoms with Gasteiger partial charge in [-0.3, -0.25) is 0 Å². The number of rotatable bonds is 9. The molecule has 0 aliphatic heterocycles. The second-order valence-electron chi connectivity index (χ2n) is 4.43. The summed E-state index contributed by atoms with van der Waals surface area (Å²) in [6, 6.07) is 0. The van der Waals surface area contributed by atoms with Crippen LogP contribution in [-0.4, -0.2) is 38.0 Å². The first-order chi connectivity index (χ1) is 7.54. The number of methoxy groups -OCH3 is 1. The van der Waals surface area contributed by atoms with Crippen LogP contribution in [0.2, 0.25) is 0 Å². The molecule has 0 aliphatic carbocycles. The van der Waals surface area contributed by atoms with Gasteiger partial charge in [-0.2, -0.15) is 0 Å². The second kappa shape index (κ2) is 8.35. The predicted molar refractivity (Wildman–Crippen MR) is 63.7 cm³/mol. The molecule has 0 radical (unpaired) electrons. The maximum Gasteiger partial charge on any atom is 0.144 e. The van der Waals surface area contributed by atoms with E-state index < -0.39 is 0 Å². The van der Waals surface area contributed by atoms with E-state index in [1.54, 1.807) is 7.11 Å². The average Bonchev–Trinajstić information content (AvgIpc) is 2.26. The Morgan fingerprint density at radius 3 is 2.44 bits per heavy atom. The number of nitrogens with two attached hydrogens (primary N) is 1. The van der Waals surface area contributed by atoms with Gasteiger partial charge < -0.3 is 20.4 Å². The molecule has 0 aromatic rings. The molecule has 0 spiro atoms. The Balaban J connectivity index is 3.51. The monoisotopic (exact) mass is 232 g/mol. The largest absolute Gasteiger partial charge is 0.409 e. The van der Waals surface area contributed by atoms with Crippen molar-refractivity contribution in [2.75, 3.05) is 26.9 Å². The van der Waals surface area contributed by atoms with Crippen molar-refractivity contribution in [3.05, 3.63) is 0 Å². The summed E-state index contributed by atoms with van der Waals surface area (Å²) < 4.78 is 10.3. The summed E-state index contributed by atoms with van der Waals surface area (Å²) in [4.78, 5) is 0. The van der Waals surface area contributed by atoms with Gasteiger partial charge in [0.25, 0.3) is 0 Å². The Bertz CT molecular complexity index is 205. The molecule has 0 bridgehead atoms. The Morgan fingerprint density at radius 1 is 1.25 bits per heavy atom. The summed E-state index contributed by atoms with van der Waals surface area (Å²) in [5.41, 5.74) is 5.30. The van der Waals surface area contributed by atoms with Gasteiger partial charge in [0.15, 0.2) is 0 Å². The van der Waals surface area contributed by atoms with Crippen molar-refractivity contribution in [1.29, 1.82) is 0 Å². The lowest BCUT2D eigenvalue weighted by atomic mass is 9.87. The van der Waals surface area contributed by atoms with E-state index in [1.807, 2.05) is 13.8 Å². The third-order valence-corrected chi connectivity index (χ3v) is 2.53. The number of hydrogen-bond acceptors (Lipinski definition) is 4. The predicted octanol–water partition coefficient (Wildman–Crippen LogP) is 1.59. The van der Waals surface area contributed by atoms with Crippen LogP contribution >= 0.6 is 0 Å². The van der Waals surface area contributed by atoms with Crippen LogP contribution in [0, 0.1) is 5.41 Å². The van der Waals surface area contributed by atoms with Crippen molar-refractivity contribution in [1.82, 2.24) is 0 Å². The minimum absolute atomic E-state index is 0.270. The van der Waals surface area contributed by atoms with Crippen LogP contribution in [0.5, 0.6) is 0 Å². The number of oxime groups is 1. The molecule has 0 amide bonds. The highest BCUT2D eigenvalue weighted by Gasteiger charge is 2.22. The molecular weight excluding hydrogens is 208 g/mol. The van der Waals surface area contributed by atoms with Crippen LogP contribution in [0.25, 0.3) is 0 Å².